The van der Waals surface area contributed by atoms with E-state index in [9.17, 15) is 0 Å². The fourth-order valence-corrected chi connectivity index (χ4v) is 3.33. The molecule has 0 radical (unpaired) electrons. The molecule has 2 heteroatoms. The zero-order chi connectivity index (χ0) is 11.6. The van der Waals surface area contributed by atoms with Gasteiger partial charge in [0.25, 0.3) is 0 Å². The maximum atomic E-state index is 6.17. The molecule has 2 fully saturated rings. The van der Waals surface area contributed by atoms with Crippen LogP contribution in [0.2, 0.25) is 0 Å². The molecule has 1 saturated carbocycles. The van der Waals surface area contributed by atoms with Gasteiger partial charge in [0.05, 0.1) is 5.60 Å². The molecule has 0 aromatic heterocycles. The lowest BCUT2D eigenvalue weighted by Crippen LogP contribution is -2.46. The molecule has 0 bridgehead atoms. The molecule has 2 nitrogen and oxygen atoms in total. The normalized spacial score (nSPS) is 39.6. The van der Waals surface area contributed by atoms with Gasteiger partial charge in [0.15, 0.2) is 0 Å². The van der Waals surface area contributed by atoms with Crippen molar-refractivity contribution in [2.45, 2.75) is 70.4 Å². The molecule has 1 saturated heterocycles. The quantitative estimate of drug-likeness (QED) is 0.740. The Kier molecular flexibility index (Phi) is 3.60. The van der Waals surface area contributed by atoms with Gasteiger partial charge in [-0.3, -0.25) is 0 Å². The van der Waals surface area contributed by atoms with Crippen LogP contribution in [0.1, 0.15) is 58.8 Å². The largest absolute Gasteiger partial charge is 0.375 e. The highest BCUT2D eigenvalue weighted by atomic mass is 16.5. The third-order valence-electron chi connectivity index (χ3n) is 4.64. The topological polar surface area (TPSA) is 21.3 Å². The van der Waals surface area contributed by atoms with E-state index in [4.69, 9.17) is 4.74 Å². The summed E-state index contributed by atoms with van der Waals surface area (Å²) in [6.45, 7) is 5.76. The summed E-state index contributed by atoms with van der Waals surface area (Å²) in [4.78, 5) is 0. The Labute approximate surface area is 100 Å². The number of hydrogen-bond donors (Lipinski definition) is 1. The summed E-state index contributed by atoms with van der Waals surface area (Å²) in [5.74, 6) is 0. The molecule has 16 heavy (non-hydrogen) atoms. The minimum Gasteiger partial charge on any atom is -0.375 e. The van der Waals surface area contributed by atoms with Crippen molar-refractivity contribution in [1.82, 2.24) is 5.32 Å². The Bertz CT molecular complexity index is 239. The van der Waals surface area contributed by atoms with Crippen LogP contribution in [-0.2, 0) is 4.74 Å². The van der Waals surface area contributed by atoms with E-state index in [0.29, 0.717) is 11.5 Å². The van der Waals surface area contributed by atoms with Crippen LogP contribution >= 0.6 is 0 Å². The van der Waals surface area contributed by atoms with E-state index in [2.05, 4.69) is 26.2 Å². The van der Waals surface area contributed by atoms with E-state index in [1.165, 1.54) is 44.9 Å². The maximum absolute atomic E-state index is 6.17. The number of ether oxygens (including phenoxy) is 1. The van der Waals surface area contributed by atoms with Crippen molar-refractivity contribution in [2.75, 3.05) is 13.7 Å². The van der Waals surface area contributed by atoms with Crippen LogP contribution in [0.15, 0.2) is 0 Å². The lowest BCUT2D eigenvalue weighted by atomic mass is 9.81. The molecule has 1 aliphatic carbocycles. The summed E-state index contributed by atoms with van der Waals surface area (Å²) in [6, 6.07) is 0.676. The SMILES string of the molecule is CNC1CCOC2(CCCC(C)(C)CC2)C1. The summed E-state index contributed by atoms with van der Waals surface area (Å²) >= 11 is 0. The van der Waals surface area contributed by atoms with Gasteiger partial charge >= 0.3 is 0 Å². The van der Waals surface area contributed by atoms with Gasteiger partial charge in [-0.2, -0.15) is 0 Å². The molecule has 0 aromatic carbocycles. The minimum atomic E-state index is 0.208. The van der Waals surface area contributed by atoms with Crippen LogP contribution in [0.4, 0.5) is 0 Å². The van der Waals surface area contributed by atoms with Crippen LogP contribution in [0, 0.1) is 5.41 Å². The molecule has 2 aliphatic rings. The van der Waals surface area contributed by atoms with Gasteiger partial charge in [-0.1, -0.05) is 20.3 Å². The van der Waals surface area contributed by atoms with Crippen LogP contribution < -0.4 is 5.32 Å². The minimum absolute atomic E-state index is 0.208. The Morgan fingerprint density at radius 3 is 2.69 bits per heavy atom. The van der Waals surface area contributed by atoms with Gasteiger partial charge in [0, 0.05) is 12.6 Å². The van der Waals surface area contributed by atoms with Crippen molar-refractivity contribution < 1.29 is 4.74 Å². The molecule has 0 amide bonds. The summed E-state index contributed by atoms with van der Waals surface area (Å²) in [5.41, 5.74) is 0.735. The molecule has 1 heterocycles. The van der Waals surface area contributed by atoms with Crippen molar-refractivity contribution >= 4 is 0 Å². The van der Waals surface area contributed by atoms with Crippen LogP contribution in [0.5, 0.6) is 0 Å². The highest BCUT2D eigenvalue weighted by molar-refractivity contribution is 4.93. The average Bonchev–Trinajstić information content (AvgIpc) is 2.39. The Morgan fingerprint density at radius 1 is 1.12 bits per heavy atom. The van der Waals surface area contributed by atoms with E-state index >= 15 is 0 Å². The van der Waals surface area contributed by atoms with E-state index in [-0.39, 0.29) is 5.60 Å². The second-order valence-corrected chi connectivity index (χ2v) is 6.53. The van der Waals surface area contributed by atoms with Crippen molar-refractivity contribution in [3.63, 3.8) is 0 Å². The van der Waals surface area contributed by atoms with Gasteiger partial charge in [-0.25, -0.2) is 0 Å². The highest BCUT2D eigenvalue weighted by Gasteiger charge is 2.40. The summed E-state index contributed by atoms with van der Waals surface area (Å²) in [5, 5.41) is 3.44. The van der Waals surface area contributed by atoms with Gasteiger partial charge in [-0.15, -0.1) is 0 Å². The summed E-state index contributed by atoms with van der Waals surface area (Å²) < 4.78 is 6.17. The van der Waals surface area contributed by atoms with Gasteiger partial charge < -0.3 is 10.1 Å². The predicted molar refractivity (Wildman–Crippen MR) is 67.6 cm³/mol. The fourth-order valence-electron chi connectivity index (χ4n) is 3.33. The van der Waals surface area contributed by atoms with Crippen LogP contribution in [-0.4, -0.2) is 25.3 Å². The Hall–Kier alpha value is -0.0800. The van der Waals surface area contributed by atoms with Gasteiger partial charge in [0.1, 0.15) is 0 Å². The highest BCUT2D eigenvalue weighted by Crippen LogP contribution is 2.43. The first-order valence-electron chi connectivity index (χ1n) is 6.87. The first kappa shape index (κ1) is 12.4. The molecule has 0 aromatic rings. The van der Waals surface area contributed by atoms with Crippen molar-refractivity contribution in [3.05, 3.63) is 0 Å². The molecule has 1 N–H and O–H groups in total. The lowest BCUT2D eigenvalue weighted by molar-refractivity contribution is -0.0977. The van der Waals surface area contributed by atoms with Crippen LogP contribution in [0.3, 0.4) is 0 Å². The zero-order valence-corrected chi connectivity index (χ0v) is 11.1. The average molecular weight is 225 g/mol. The van der Waals surface area contributed by atoms with E-state index in [1.807, 2.05) is 0 Å². The Morgan fingerprint density at radius 2 is 1.94 bits per heavy atom. The standard InChI is InChI=1S/C14H27NO/c1-13(2)6-4-7-14(9-8-13)11-12(15-3)5-10-16-14/h12,15H,4-11H2,1-3H3. The number of hydrogen-bond acceptors (Lipinski definition) is 2. The number of nitrogens with one attached hydrogen (secondary N) is 1. The lowest BCUT2D eigenvalue weighted by Gasteiger charge is -2.41. The van der Waals surface area contributed by atoms with Crippen molar-refractivity contribution in [3.8, 4) is 0 Å². The second kappa shape index (κ2) is 4.66. The third kappa shape index (κ3) is 2.78. The first-order chi connectivity index (χ1) is 7.55. The maximum Gasteiger partial charge on any atom is 0.0697 e. The van der Waals surface area contributed by atoms with Gasteiger partial charge in [-0.05, 0) is 51.0 Å². The third-order valence-corrected chi connectivity index (χ3v) is 4.64. The van der Waals surface area contributed by atoms with Crippen LogP contribution in [0.25, 0.3) is 0 Å². The smallest absolute Gasteiger partial charge is 0.0697 e. The monoisotopic (exact) mass is 225 g/mol. The molecule has 2 atom stereocenters. The van der Waals surface area contributed by atoms with E-state index < -0.39 is 0 Å². The molecule has 1 aliphatic heterocycles. The first-order valence-corrected chi connectivity index (χ1v) is 6.87. The number of rotatable bonds is 1. The molecule has 94 valence electrons. The van der Waals surface area contributed by atoms with E-state index in [0.717, 1.165) is 6.61 Å². The summed E-state index contributed by atoms with van der Waals surface area (Å²) in [7, 11) is 2.09. The predicted octanol–water partition coefficient (Wildman–Crippen LogP) is 3.11. The second-order valence-electron chi connectivity index (χ2n) is 6.53. The summed E-state index contributed by atoms with van der Waals surface area (Å²) in [6.07, 6.45) is 8.96. The molecule has 1 spiro atoms. The van der Waals surface area contributed by atoms with Gasteiger partial charge in [0.2, 0.25) is 0 Å². The fraction of sp³-hybridized carbons (Fsp3) is 1.00. The van der Waals surface area contributed by atoms with E-state index in [1.54, 1.807) is 0 Å². The molecule has 2 rings (SSSR count). The van der Waals surface area contributed by atoms with Crippen molar-refractivity contribution in [1.29, 1.82) is 0 Å². The Balaban J connectivity index is 2.01. The molecule has 2 unspecified atom stereocenters. The molecular weight excluding hydrogens is 198 g/mol. The van der Waals surface area contributed by atoms with Crippen molar-refractivity contribution in [2.24, 2.45) is 5.41 Å². The molecular formula is C14H27NO. The zero-order valence-electron chi connectivity index (χ0n) is 11.1.